The third-order valence-corrected chi connectivity index (χ3v) is 6.45. The molecule has 1 aromatic heterocycles. The summed E-state index contributed by atoms with van der Waals surface area (Å²) in [7, 11) is -4.33. The predicted octanol–water partition coefficient (Wildman–Crippen LogP) is 1.49. The summed E-state index contributed by atoms with van der Waals surface area (Å²) >= 11 is 12.0. The molecule has 0 fully saturated rings. The molecule has 4 rings (SSSR count). The molecule has 0 atom stereocenters. The van der Waals surface area contributed by atoms with Gasteiger partial charge in [-0.1, -0.05) is 47.5 Å². The molecule has 7 nitrogen and oxygen atoms in total. The van der Waals surface area contributed by atoms with Crippen LogP contribution in [0.3, 0.4) is 0 Å². The van der Waals surface area contributed by atoms with Crippen molar-refractivity contribution in [3.8, 4) is 17.1 Å². The first-order valence-electron chi connectivity index (χ1n) is 9.70. The molecule has 0 aliphatic carbocycles. The number of aliphatic imine (C=N–C) groups is 1. The van der Waals surface area contributed by atoms with Gasteiger partial charge < -0.3 is 14.2 Å². The van der Waals surface area contributed by atoms with Crippen LogP contribution < -0.4 is 51.4 Å². The maximum Gasteiger partial charge on any atom is 1.00 e. The third kappa shape index (κ3) is 5.80. The van der Waals surface area contributed by atoms with Crippen molar-refractivity contribution in [3.63, 3.8) is 0 Å². The number of amides is 1. The topological polar surface area (TPSA) is 112 Å². The van der Waals surface area contributed by atoms with Crippen LogP contribution in [0.15, 0.2) is 53.5 Å². The van der Waals surface area contributed by atoms with Gasteiger partial charge in [0, 0.05) is 27.9 Å². The van der Waals surface area contributed by atoms with E-state index in [9.17, 15) is 22.9 Å². The van der Waals surface area contributed by atoms with E-state index in [1.54, 1.807) is 53.1 Å². The molecule has 0 radical (unpaired) electrons. The second-order valence-electron chi connectivity index (χ2n) is 7.32. The summed E-state index contributed by atoms with van der Waals surface area (Å²) in [5.41, 5.74) is 2.61. The molecule has 3 aromatic rings. The van der Waals surface area contributed by atoms with Gasteiger partial charge >= 0.3 is 51.4 Å². The van der Waals surface area contributed by atoms with E-state index in [1.807, 2.05) is 0 Å². The smallest absolute Gasteiger partial charge is 0.748 e. The average molecular weight is 531 g/mol. The van der Waals surface area contributed by atoms with Crippen LogP contribution in [-0.4, -0.2) is 40.0 Å². The van der Waals surface area contributed by atoms with E-state index in [0.717, 1.165) is 0 Å². The first-order chi connectivity index (χ1) is 15.2. The monoisotopic (exact) mass is 530 g/mol. The molecular formula is C22H17Cl2KN2O5S. The minimum Gasteiger partial charge on any atom is -0.748 e. The largest absolute Gasteiger partial charge is 1.00 e. The summed E-state index contributed by atoms with van der Waals surface area (Å²) < 4.78 is 34.3. The normalized spacial score (nSPS) is 12.9. The summed E-state index contributed by atoms with van der Waals surface area (Å²) in [6.07, 6.45) is 0.436. The van der Waals surface area contributed by atoms with Gasteiger partial charge in [0.05, 0.1) is 32.7 Å². The van der Waals surface area contributed by atoms with Gasteiger partial charge in [-0.05, 0) is 42.7 Å². The van der Waals surface area contributed by atoms with Crippen LogP contribution in [0, 0.1) is 0 Å². The Labute approximate surface area is 243 Å². The molecule has 11 heteroatoms. The fourth-order valence-electron chi connectivity index (χ4n) is 3.74. The minimum absolute atomic E-state index is 0. The maximum atomic E-state index is 12.9. The summed E-state index contributed by atoms with van der Waals surface area (Å²) in [6, 6.07) is 13.5. The van der Waals surface area contributed by atoms with Crippen molar-refractivity contribution in [1.82, 2.24) is 4.57 Å². The van der Waals surface area contributed by atoms with Crippen LogP contribution in [0.5, 0.6) is 5.88 Å². The molecule has 1 aliphatic heterocycles. The quantitative estimate of drug-likeness (QED) is 0.282. The van der Waals surface area contributed by atoms with Crippen LogP contribution in [0.2, 0.25) is 10.0 Å². The van der Waals surface area contributed by atoms with Gasteiger partial charge in [-0.25, -0.2) is 13.4 Å². The molecule has 2 aromatic carbocycles. The number of aromatic hydroxyl groups is 1. The van der Waals surface area contributed by atoms with Crippen molar-refractivity contribution >= 4 is 44.9 Å². The SMILES string of the molecule is O=C1N=C(c2ccc(Cl)cc2)c2c1c(-c1ccc(Cl)cc1)n(CCCCS(=O)(=O)[O-])c2O.[K+]. The van der Waals surface area contributed by atoms with Crippen LogP contribution in [0.1, 0.15) is 34.3 Å². The second kappa shape index (κ2) is 10.7. The molecule has 0 unspecified atom stereocenters. The minimum atomic E-state index is -4.33. The summed E-state index contributed by atoms with van der Waals surface area (Å²) in [5, 5.41) is 12.1. The van der Waals surface area contributed by atoms with Crippen molar-refractivity contribution in [2.75, 3.05) is 5.75 Å². The predicted molar refractivity (Wildman–Crippen MR) is 122 cm³/mol. The standard InChI is InChI=1S/C22H18Cl2N2O5S.K/c23-15-7-3-13(4-8-15)19-17-18(21(27)25-19)20(14-5-9-16(24)10-6-14)26(22(17)28)11-1-2-12-32(29,30)31;/h3-10,28H,1-2,11-12H2,(H,29,30,31);/q;+1/p-1. The Morgan fingerprint density at radius 1 is 0.909 bits per heavy atom. The second-order valence-corrected chi connectivity index (χ2v) is 9.72. The number of carbonyl (C=O) groups excluding carboxylic acids is 1. The Morgan fingerprint density at radius 2 is 1.45 bits per heavy atom. The summed E-state index contributed by atoms with van der Waals surface area (Å²) in [4.78, 5) is 17.1. The number of hydrogen-bond acceptors (Lipinski definition) is 5. The molecule has 0 spiro atoms. The molecular weight excluding hydrogens is 514 g/mol. The van der Waals surface area contributed by atoms with E-state index < -0.39 is 21.8 Å². The fraction of sp³-hybridized carbons (Fsp3) is 0.182. The van der Waals surface area contributed by atoms with Gasteiger partial charge in [0.15, 0.2) is 0 Å². The number of unbranched alkanes of at least 4 members (excludes halogenated alkanes) is 1. The Balaban J connectivity index is 0.00000306. The van der Waals surface area contributed by atoms with Gasteiger partial charge in [0.2, 0.25) is 5.88 Å². The van der Waals surface area contributed by atoms with Gasteiger partial charge in [-0.2, -0.15) is 0 Å². The summed E-state index contributed by atoms with van der Waals surface area (Å²) in [6.45, 7) is 0.202. The zero-order valence-corrected chi connectivity index (χ0v) is 23.0. The van der Waals surface area contributed by atoms with Crippen LogP contribution in [-0.2, 0) is 16.7 Å². The Kier molecular flexibility index (Phi) is 8.64. The van der Waals surface area contributed by atoms with E-state index in [0.29, 0.717) is 44.6 Å². The molecule has 2 heterocycles. The number of halogens is 2. The number of carbonyl (C=O) groups is 1. The van der Waals surface area contributed by atoms with E-state index in [4.69, 9.17) is 23.2 Å². The average Bonchev–Trinajstić information content (AvgIpc) is 3.21. The van der Waals surface area contributed by atoms with Crippen molar-refractivity contribution in [1.29, 1.82) is 0 Å². The van der Waals surface area contributed by atoms with E-state index in [2.05, 4.69) is 4.99 Å². The van der Waals surface area contributed by atoms with Gasteiger partial charge in [-0.15, -0.1) is 0 Å². The van der Waals surface area contributed by atoms with E-state index in [1.165, 1.54) is 0 Å². The first kappa shape index (κ1) is 26.6. The molecule has 166 valence electrons. The summed E-state index contributed by atoms with van der Waals surface area (Å²) in [5.74, 6) is -1.15. The zero-order valence-electron chi connectivity index (χ0n) is 17.6. The van der Waals surface area contributed by atoms with E-state index in [-0.39, 0.29) is 75.8 Å². The van der Waals surface area contributed by atoms with Crippen LogP contribution >= 0.6 is 23.2 Å². The Hall–Kier alpha value is -1.01. The number of fused-ring (bicyclic) bond motifs is 1. The van der Waals surface area contributed by atoms with Crippen molar-refractivity contribution in [3.05, 3.63) is 75.3 Å². The van der Waals surface area contributed by atoms with Gasteiger partial charge in [-0.3, -0.25) is 4.79 Å². The fourth-order valence-corrected chi connectivity index (χ4v) is 4.55. The van der Waals surface area contributed by atoms with Crippen LogP contribution in [0.25, 0.3) is 11.3 Å². The third-order valence-electron chi connectivity index (χ3n) is 5.16. The van der Waals surface area contributed by atoms with Crippen molar-refractivity contribution < 1.29 is 74.3 Å². The van der Waals surface area contributed by atoms with Crippen LogP contribution in [0.4, 0.5) is 0 Å². The molecule has 0 saturated carbocycles. The molecule has 0 saturated heterocycles. The first-order valence-corrected chi connectivity index (χ1v) is 12.0. The van der Waals surface area contributed by atoms with Gasteiger partial charge in [0.1, 0.15) is 0 Å². The van der Waals surface area contributed by atoms with E-state index >= 15 is 0 Å². The molecule has 1 aliphatic rings. The number of aromatic nitrogens is 1. The maximum absolute atomic E-state index is 12.9. The number of rotatable bonds is 7. The zero-order chi connectivity index (χ0) is 23.0. The molecule has 1 N–H and O–H groups in total. The number of hydrogen-bond donors (Lipinski definition) is 1. The van der Waals surface area contributed by atoms with Crippen molar-refractivity contribution in [2.45, 2.75) is 19.4 Å². The number of nitrogens with zero attached hydrogens (tertiary/aromatic N) is 2. The number of benzene rings is 2. The molecule has 0 bridgehead atoms. The molecule has 33 heavy (non-hydrogen) atoms. The molecule has 1 amide bonds. The van der Waals surface area contributed by atoms with Crippen molar-refractivity contribution in [2.24, 2.45) is 4.99 Å². The Bertz CT molecular complexity index is 1330. The Morgan fingerprint density at radius 3 is 2.00 bits per heavy atom. The van der Waals surface area contributed by atoms with Gasteiger partial charge in [0.25, 0.3) is 5.91 Å².